The zero-order valence-electron chi connectivity index (χ0n) is 9.83. The van der Waals surface area contributed by atoms with Gasteiger partial charge in [0.05, 0.1) is 17.4 Å². The van der Waals surface area contributed by atoms with Gasteiger partial charge in [-0.05, 0) is 18.2 Å². The van der Waals surface area contributed by atoms with Gasteiger partial charge in [-0.15, -0.1) is 0 Å². The van der Waals surface area contributed by atoms with Crippen LogP contribution in [-0.2, 0) is 13.7 Å². The third-order valence-electron chi connectivity index (χ3n) is 2.41. The van der Waals surface area contributed by atoms with Crippen molar-refractivity contribution in [2.75, 3.05) is 5.73 Å². The first kappa shape index (κ1) is 12.0. The van der Waals surface area contributed by atoms with E-state index in [-0.39, 0.29) is 5.56 Å². The van der Waals surface area contributed by atoms with Crippen LogP contribution in [0.2, 0.25) is 0 Å². The fraction of sp³-hybridized carbons (Fsp3) is 0.167. The lowest BCUT2D eigenvalue weighted by atomic mass is 10.2. The number of hydrogen-bond acceptors (Lipinski definition) is 4. The standard InChI is InChI=1S/C12H13N3O3/c1-15-6-8(5-14-15)7-18-11-4-9(12(16)17)2-3-10(11)13/h2-6H,7,13H2,1H3,(H,16,17). The lowest BCUT2D eigenvalue weighted by Crippen LogP contribution is -2.02. The van der Waals surface area contributed by atoms with Gasteiger partial charge in [-0.2, -0.15) is 5.10 Å². The summed E-state index contributed by atoms with van der Waals surface area (Å²) in [5.41, 5.74) is 7.16. The number of aryl methyl sites for hydroxylation is 1. The van der Waals surface area contributed by atoms with Crippen LogP contribution in [0.25, 0.3) is 0 Å². The van der Waals surface area contributed by atoms with Crippen LogP contribution >= 0.6 is 0 Å². The van der Waals surface area contributed by atoms with Crippen LogP contribution in [0.15, 0.2) is 30.6 Å². The summed E-state index contributed by atoms with van der Waals surface area (Å²) in [5.74, 6) is -0.653. The molecule has 0 amide bonds. The topological polar surface area (TPSA) is 90.4 Å². The van der Waals surface area contributed by atoms with Gasteiger partial charge in [0.2, 0.25) is 0 Å². The monoisotopic (exact) mass is 247 g/mol. The number of aromatic nitrogens is 2. The summed E-state index contributed by atoms with van der Waals surface area (Å²) < 4.78 is 7.15. The molecule has 0 atom stereocenters. The highest BCUT2D eigenvalue weighted by Gasteiger charge is 2.08. The minimum atomic E-state index is -1.01. The number of carbonyl (C=O) groups is 1. The highest BCUT2D eigenvalue weighted by atomic mass is 16.5. The number of carboxylic acids is 1. The highest BCUT2D eigenvalue weighted by Crippen LogP contribution is 2.23. The Bertz CT molecular complexity index is 578. The molecule has 0 spiro atoms. The van der Waals surface area contributed by atoms with Crippen LogP contribution < -0.4 is 10.5 Å². The molecule has 6 nitrogen and oxygen atoms in total. The molecule has 1 aromatic heterocycles. The van der Waals surface area contributed by atoms with E-state index in [2.05, 4.69) is 5.10 Å². The maximum atomic E-state index is 10.8. The first-order chi connectivity index (χ1) is 8.56. The predicted molar refractivity (Wildman–Crippen MR) is 65.4 cm³/mol. The number of rotatable bonds is 4. The summed E-state index contributed by atoms with van der Waals surface area (Å²) in [6.45, 7) is 0.293. The van der Waals surface area contributed by atoms with Gasteiger partial charge in [-0.3, -0.25) is 4.68 Å². The van der Waals surface area contributed by atoms with E-state index in [0.717, 1.165) is 5.56 Å². The van der Waals surface area contributed by atoms with Gasteiger partial charge >= 0.3 is 5.97 Å². The average Bonchev–Trinajstić information content (AvgIpc) is 2.74. The molecular formula is C12H13N3O3. The van der Waals surface area contributed by atoms with Crippen molar-refractivity contribution in [3.05, 3.63) is 41.7 Å². The Hall–Kier alpha value is -2.50. The fourth-order valence-corrected chi connectivity index (χ4v) is 1.50. The Kier molecular flexibility index (Phi) is 3.18. The largest absolute Gasteiger partial charge is 0.487 e. The maximum absolute atomic E-state index is 10.8. The quantitative estimate of drug-likeness (QED) is 0.794. The first-order valence-electron chi connectivity index (χ1n) is 5.29. The molecule has 0 saturated heterocycles. The van der Waals surface area contributed by atoms with Crippen LogP contribution in [0.3, 0.4) is 0 Å². The van der Waals surface area contributed by atoms with E-state index in [0.29, 0.717) is 18.0 Å². The molecule has 1 heterocycles. The molecule has 6 heteroatoms. The molecule has 0 aliphatic heterocycles. The van der Waals surface area contributed by atoms with Crippen molar-refractivity contribution in [2.24, 2.45) is 7.05 Å². The molecule has 18 heavy (non-hydrogen) atoms. The summed E-state index contributed by atoms with van der Waals surface area (Å²) in [6, 6.07) is 4.37. The smallest absolute Gasteiger partial charge is 0.335 e. The number of aromatic carboxylic acids is 1. The number of benzene rings is 1. The average molecular weight is 247 g/mol. The Balaban J connectivity index is 2.13. The molecule has 0 bridgehead atoms. The van der Waals surface area contributed by atoms with E-state index in [1.807, 2.05) is 13.2 Å². The zero-order chi connectivity index (χ0) is 13.1. The number of nitrogens with two attached hydrogens (primary N) is 1. The summed E-state index contributed by atoms with van der Waals surface area (Å²) in [6.07, 6.45) is 3.49. The Morgan fingerprint density at radius 3 is 2.94 bits per heavy atom. The predicted octanol–water partition coefficient (Wildman–Crippen LogP) is 1.28. The molecule has 0 aliphatic carbocycles. The number of nitrogens with zero attached hydrogens (tertiary/aromatic N) is 2. The Labute approximate surface area is 104 Å². The lowest BCUT2D eigenvalue weighted by Gasteiger charge is -2.08. The second-order valence-electron chi connectivity index (χ2n) is 3.87. The summed E-state index contributed by atoms with van der Waals surface area (Å²) in [4.78, 5) is 10.8. The number of hydrogen-bond donors (Lipinski definition) is 2. The molecule has 2 rings (SSSR count). The Morgan fingerprint density at radius 1 is 1.56 bits per heavy atom. The van der Waals surface area contributed by atoms with Crippen LogP contribution in [-0.4, -0.2) is 20.9 Å². The third kappa shape index (κ3) is 2.60. The van der Waals surface area contributed by atoms with Gasteiger partial charge in [-0.25, -0.2) is 4.79 Å². The molecule has 3 N–H and O–H groups in total. The second kappa shape index (κ2) is 4.79. The molecular weight excluding hydrogens is 234 g/mol. The van der Waals surface area contributed by atoms with Crippen LogP contribution in [0, 0.1) is 0 Å². The van der Waals surface area contributed by atoms with Crippen molar-refractivity contribution >= 4 is 11.7 Å². The molecule has 2 aromatic rings. The fourth-order valence-electron chi connectivity index (χ4n) is 1.50. The van der Waals surface area contributed by atoms with Gasteiger partial charge in [0, 0.05) is 18.8 Å². The summed E-state index contributed by atoms with van der Waals surface area (Å²) in [7, 11) is 1.81. The summed E-state index contributed by atoms with van der Waals surface area (Å²) >= 11 is 0. The maximum Gasteiger partial charge on any atom is 0.335 e. The molecule has 0 radical (unpaired) electrons. The van der Waals surface area contributed by atoms with Crippen LogP contribution in [0.1, 0.15) is 15.9 Å². The van der Waals surface area contributed by atoms with Gasteiger partial charge < -0.3 is 15.6 Å². The van der Waals surface area contributed by atoms with Gasteiger partial charge in [0.1, 0.15) is 12.4 Å². The van der Waals surface area contributed by atoms with Gasteiger partial charge in [0.15, 0.2) is 0 Å². The second-order valence-corrected chi connectivity index (χ2v) is 3.87. The van der Waals surface area contributed by atoms with Crippen LogP contribution in [0.5, 0.6) is 5.75 Å². The van der Waals surface area contributed by atoms with E-state index < -0.39 is 5.97 Å². The van der Waals surface area contributed by atoms with E-state index >= 15 is 0 Å². The number of ether oxygens (including phenoxy) is 1. The minimum absolute atomic E-state index is 0.144. The normalized spacial score (nSPS) is 10.3. The van der Waals surface area contributed by atoms with Crippen molar-refractivity contribution in [3.63, 3.8) is 0 Å². The van der Waals surface area contributed by atoms with E-state index in [4.69, 9.17) is 15.6 Å². The number of nitrogen functional groups attached to an aromatic ring is 1. The number of anilines is 1. The minimum Gasteiger partial charge on any atom is -0.487 e. The lowest BCUT2D eigenvalue weighted by molar-refractivity contribution is 0.0696. The third-order valence-corrected chi connectivity index (χ3v) is 2.41. The number of carboxylic acid groups (broad SMARTS) is 1. The van der Waals surface area contributed by atoms with E-state index in [1.165, 1.54) is 18.2 Å². The van der Waals surface area contributed by atoms with Gasteiger partial charge in [0.25, 0.3) is 0 Å². The van der Waals surface area contributed by atoms with Gasteiger partial charge in [-0.1, -0.05) is 0 Å². The summed E-state index contributed by atoms with van der Waals surface area (Å²) in [5, 5.41) is 12.9. The first-order valence-corrected chi connectivity index (χ1v) is 5.29. The molecule has 0 aliphatic rings. The molecule has 0 unspecified atom stereocenters. The molecule has 0 fully saturated rings. The van der Waals surface area contributed by atoms with Crippen LogP contribution in [0.4, 0.5) is 5.69 Å². The molecule has 0 saturated carbocycles. The molecule has 1 aromatic carbocycles. The van der Waals surface area contributed by atoms with Crippen molar-refractivity contribution in [1.29, 1.82) is 0 Å². The highest BCUT2D eigenvalue weighted by molar-refractivity contribution is 5.89. The SMILES string of the molecule is Cn1cc(COc2cc(C(=O)O)ccc2N)cn1. The van der Waals surface area contributed by atoms with E-state index in [1.54, 1.807) is 10.9 Å². The zero-order valence-corrected chi connectivity index (χ0v) is 9.83. The van der Waals surface area contributed by atoms with Crippen molar-refractivity contribution in [1.82, 2.24) is 9.78 Å². The Morgan fingerprint density at radius 2 is 2.33 bits per heavy atom. The molecule has 94 valence electrons. The van der Waals surface area contributed by atoms with Crippen molar-refractivity contribution in [3.8, 4) is 5.75 Å². The van der Waals surface area contributed by atoms with Crippen molar-refractivity contribution in [2.45, 2.75) is 6.61 Å². The van der Waals surface area contributed by atoms with Crippen molar-refractivity contribution < 1.29 is 14.6 Å². The van der Waals surface area contributed by atoms with E-state index in [9.17, 15) is 4.79 Å².